The minimum Gasteiger partial charge on any atom is -0.383 e. The van der Waals surface area contributed by atoms with Crippen molar-refractivity contribution in [2.24, 2.45) is 5.73 Å². The monoisotopic (exact) mass is 356 g/mol. The molecule has 2 heterocycles. The first-order valence-electron chi connectivity index (χ1n) is 8.72. The second-order valence-electron chi connectivity index (χ2n) is 7.50. The first-order chi connectivity index (χ1) is 11.6. The Kier molecular flexibility index (Phi) is 5.28. The zero-order valence-corrected chi connectivity index (χ0v) is 16.9. The van der Waals surface area contributed by atoms with Crippen LogP contribution in [0, 0.1) is 11.5 Å². The number of pyridine rings is 1. The summed E-state index contributed by atoms with van der Waals surface area (Å²) in [5, 5.41) is 0.787. The highest BCUT2D eigenvalue weighted by Crippen LogP contribution is 2.41. The molecule has 0 bridgehead atoms. The van der Waals surface area contributed by atoms with Crippen molar-refractivity contribution in [1.29, 1.82) is 0 Å². The van der Waals surface area contributed by atoms with Crippen molar-refractivity contribution in [1.82, 2.24) is 9.97 Å². The maximum absolute atomic E-state index is 12.0. The number of carbonyl (C=O) groups is 1. The summed E-state index contributed by atoms with van der Waals surface area (Å²) in [7, 11) is -1.94. The van der Waals surface area contributed by atoms with Gasteiger partial charge in [0.25, 0.3) is 5.91 Å². The van der Waals surface area contributed by atoms with E-state index in [1.807, 2.05) is 6.07 Å². The SMILES string of the molecule is CC(C)[Si](C#Cc1c(C(N)=O)c(N)nc2[nH]ccc12)(C(C)C)C(C)C. The molecule has 2 rings (SSSR count). The summed E-state index contributed by atoms with van der Waals surface area (Å²) >= 11 is 0. The van der Waals surface area contributed by atoms with Gasteiger partial charge in [0, 0.05) is 11.6 Å². The highest BCUT2D eigenvalue weighted by atomic mass is 28.3. The summed E-state index contributed by atoms with van der Waals surface area (Å²) in [5.74, 6) is 2.85. The van der Waals surface area contributed by atoms with E-state index in [0.717, 1.165) is 5.39 Å². The standard InChI is InChI=1S/C19H28N4OSi/c1-11(2)25(12(3)4,13(5)6)10-8-14-15-7-9-22-19(15)23-17(20)16(14)18(21)24/h7,9,11-13H,1-6H3,(H2,21,24)(H3,20,22,23). The van der Waals surface area contributed by atoms with E-state index in [9.17, 15) is 4.79 Å². The van der Waals surface area contributed by atoms with Crippen LogP contribution in [0.3, 0.4) is 0 Å². The summed E-state index contributed by atoms with van der Waals surface area (Å²) in [4.78, 5) is 19.2. The lowest BCUT2D eigenvalue weighted by atomic mass is 10.1. The minimum absolute atomic E-state index is 0.123. The molecule has 0 radical (unpaired) electrons. The number of hydrogen-bond donors (Lipinski definition) is 3. The molecule has 25 heavy (non-hydrogen) atoms. The van der Waals surface area contributed by atoms with Gasteiger partial charge in [-0.2, -0.15) is 0 Å². The number of primary amides is 1. The van der Waals surface area contributed by atoms with Crippen molar-refractivity contribution in [3.05, 3.63) is 23.4 Å². The van der Waals surface area contributed by atoms with Gasteiger partial charge in [0.05, 0.1) is 11.1 Å². The molecule has 5 nitrogen and oxygen atoms in total. The molecule has 0 atom stereocenters. The van der Waals surface area contributed by atoms with E-state index < -0.39 is 14.0 Å². The number of H-pyrrole nitrogens is 1. The second-order valence-corrected chi connectivity index (χ2v) is 13.1. The fourth-order valence-corrected chi connectivity index (χ4v) is 9.28. The molecule has 0 saturated carbocycles. The van der Waals surface area contributed by atoms with Crippen LogP contribution in [0.15, 0.2) is 12.3 Å². The molecule has 0 unspecified atom stereocenters. The van der Waals surface area contributed by atoms with Crippen LogP contribution in [0.1, 0.15) is 57.5 Å². The number of nitrogens with two attached hydrogens (primary N) is 2. The van der Waals surface area contributed by atoms with Gasteiger partial charge < -0.3 is 16.5 Å². The van der Waals surface area contributed by atoms with Crippen molar-refractivity contribution in [3.8, 4) is 11.5 Å². The van der Waals surface area contributed by atoms with Crippen LogP contribution >= 0.6 is 0 Å². The predicted octanol–water partition coefficient (Wildman–Crippen LogP) is 3.81. The van der Waals surface area contributed by atoms with Crippen LogP contribution in [0.5, 0.6) is 0 Å². The third-order valence-corrected chi connectivity index (χ3v) is 11.5. The Labute approximate surface area is 150 Å². The van der Waals surface area contributed by atoms with Crippen LogP contribution in [-0.4, -0.2) is 23.9 Å². The van der Waals surface area contributed by atoms with Crippen LogP contribution in [0.4, 0.5) is 5.82 Å². The minimum atomic E-state index is -1.94. The van der Waals surface area contributed by atoms with E-state index in [1.54, 1.807) is 6.20 Å². The number of nitrogen functional groups attached to an aromatic ring is 1. The van der Waals surface area contributed by atoms with Crippen molar-refractivity contribution in [3.63, 3.8) is 0 Å². The van der Waals surface area contributed by atoms with Gasteiger partial charge in [0.1, 0.15) is 19.5 Å². The molecule has 2 aromatic rings. The van der Waals surface area contributed by atoms with Crippen molar-refractivity contribution in [2.75, 3.05) is 5.73 Å². The molecule has 0 aliphatic rings. The van der Waals surface area contributed by atoms with Gasteiger partial charge in [-0.3, -0.25) is 4.79 Å². The van der Waals surface area contributed by atoms with Crippen LogP contribution in [0.2, 0.25) is 16.6 Å². The lowest BCUT2D eigenvalue weighted by molar-refractivity contribution is 0.100. The van der Waals surface area contributed by atoms with E-state index in [0.29, 0.717) is 27.8 Å². The van der Waals surface area contributed by atoms with E-state index in [2.05, 4.69) is 63.0 Å². The highest BCUT2D eigenvalue weighted by molar-refractivity contribution is 6.90. The van der Waals surface area contributed by atoms with Gasteiger partial charge in [-0.15, -0.1) is 5.54 Å². The Hall–Kier alpha value is -2.26. The molecule has 0 aromatic carbocycles. The number of amides is 1. The van der Waals surface area contributed by atoms with Gasteiger partial charge in [-0.25, -0.2) is 4.98 Å². The Morgan fingerprint density at radius 3 is 2.20 bits per heavy atom. The van der Waals surface area contributed by atoms with Gasteiger partial charge >= 0.3 is 0 Å². The molecule has 0 fully saturated rings. The molecule has 1 amide bonds. The quantitative estimate of drug-likeness (QED) is 0.574. The number of carbonyl (C=O) groups excluding carboxylic acids is 1. The first-order valence-corrected chi connectivity index (χ1v) is 11.0. The summed E-state index contributed by atoms with van der Waals surface area (Å²) < 4.78 is 0. The van der Waals surface area contributed by atoms with E-state index in [-0.39, 0.29) is 11.4 Å². The molecule has 6 heteroatoms. The lowest BCUT2D eigenvalue weighted by Crippen LogP contribution is -2.43. The number of hydrogen-bond acceptors (Lipinski definition) is 3. The highest BCUT2D eigenvalue weighted by Gasteiger charge is 2.41. The third-order valence-electron chi connectivity index (χ3n) is 5.25. The Morgan fingerprint density at radius 1 is 1.16 bits per heavy atom. The number of nitrogens with one attached hydrogen (secondary N) is 1. The topological polar surface area (TPSA) is 97.8 Å². The average Bonchev–Trinajstić information content (AvgIpc) is 2.93. The number of nitrogens with zero attached hydrogens (tertiary/aromatic N) is 1. The van der Waals surface area contributed by atoms with Crippen LogP contribution < -0.4 is 11.5 Å². The number of aromatic amines is 1. The van der Waals surface area contributed by atoms with Gasteiger partial charge in [0.15, 0.2) is 0 Å². The second kappa shape index (κ2) is 6.93. The largest absolute Gasteiger partial charge is 0.383 e. The zero-order valence-electron chi connectivity index (χ0n) is 15.9. The van der Waals surface area contributed by atoms with Crippen molar-refractivity contribution < 1.29 is 4.79 Å². The summed E-state index contributed by atoms with van der Waals surface area (Å²) in [5.41, 5.74) is 18.1. The molecule has 0 spiro atoms. The smallest absolute Gasteiger partial charge is 0.253 e. The van der Waals surface area contributed by atoms with Gasteiger partial charge in [0.2, 0.25) is 0 Å². The molecule has 0 aliphatic heterocycles. The van der Waals surface area contributed by atoms with E-state index in [1.165, 1.54) is 0 Å². The summed E-state index contributed by atoms with van der Waals surface area (Å²) in [6.45, 7) is 13.5. The fourth-order valence-electron chi connectivity index (χ4n) is 4.08. The Balaban J connectivity index is 2.80. The number of rotatable bonds is 4. The molecule has 0 saturated heterocycles. The normalized spacial score (nSPS) is 12.0. The third kappa shape index (κ3) is 3.16. The van der Waals surface area contributed by atoms with E-state index in [4.69, 9.17) is 11.5 Å². The summed E-state index contributed by atoms with van der Waals surface area (Å²) in [6, 6.07) is 1.86. The van der Waals surface area contributed by atoms with Crippen molar-refractivity contribution >= 4 is 30.8 Å². The zero-order chi connectivity index (χ0) is 18.9. The molecule has 0 aliphatic carbocycles. The van der Waals surface area contributed by atoms with Crippen LogP contribution in [0.25, 0.3) is 11.0 Å². The Bertz CT molecular complexity index is 834. The maximum Gasteiger partial charge on any atom is 0.253 e. The molecule has 5 N–H and O–H groups in total. The Morgan fingerprint density at radius 2 is 1.72 bits per heavy atom. The maximum atomic E-state index is 12.0. The predicted molar refractivity (Wildman–Crippen MR) is 107 cm³/mol. The number of anilines is 1. The molecule has 134 valence electrons. The number of fused-ring (bicyclic) bond motifs is 1. The van der Waals surface area contributed by atoms with E-state index >= 15 is 0 Å². The van der Waals surface area contributed by atoms with Crippen molar-refractivity contribution in [2.45, 2.75) is 58.2 Å². The van der Waals surface area contributed by atoms with Crippen LogP contribution in [-0.2, 0) is 0 Å². The van der Waals surface area contributed by atoms with Gasteiger partial charge in [-0.05, 0) is 22.7 Å². The van der Waals surface area contributed by atoms with Gasteiger partial charge in [-0.1, -0.05) is 47.5 Å². The summed E-state index contributed by atoms with van der Waals surface area (Å²) in [6.07, 6.45) is 1.77. The lowest BCUT2D eigenvalue weighted by Gasteiger charge is -2.38. The fraction of sp³-hybridized carbons (Fsp3) is 0.474. The molecular formula is C19H28N4OSi. The first kappa shape index (κ1) is 19.1. The molecular weight excluding hydrogens is 328 g/mol. The average molecular weight is 357 g/mol. The molecule has 2 aromatic heterocycles. The number of aromatic nitrogens is 2.